The first-order chi connectivity index (χ1) is 5.86. The third-order valence-corrected chi connectivity index (χ3v) is 1.59. The van der Waals surface area contributed by atoms with Crippen LogP contribution in [0.25, 0.3) is 6.08 Å². The normalized spacial score (nSPS) is 14.2. The van der Waals surface area contributed by atoms with Gasteiger partial charge in [-0.2, -0.15) is 5.48 Å². The number of para-hydroxylation sites is 1. The molecule has 60 valence electrons. The molecule has 3 heteroatoms. The zero-order valence-electron chi connectivity index (χ0n) is 6.28. The minimum atomic E-state index is -0.244. The summed E-state index contributed by atoms with van der Waals surface area (Å²) in [5.74, 6) is 0.422. The monoisotopic (exact) mass is 161 g/mol. The molecule has 0 aromatic heterocycles. The number of nitrogens with one attached hydrogen (secondary N) is 1. The third-order valence-electron chi connectivity index (χ3n) is 1.59. The molecule has 0 saturated heterocycles. The van der Waals surface area contributed by atoms with E-state index in [1.54, 1.807) is 12.1 Å². The van der Waals surface area contributed by atoms with E-state index in [0.29, 0.717) is 5.75 Å². The summed E-state index contributed by atoms with van der Waals surface area (Å²) in [5.41, 5.74) is 3.17. The van der Waals surface area contributed by atoms with Crippen molar-refractivity contribution in [1.82, 2.24) is 5.48 Å². The standard InChI is InChI=1S/C9H7NO2/c11-9-6-5-7-3-1-2-4-8(7)12-10-9/h1-6H,(H,10,11). The Labute approximate surface area is 69.6 Å². The molecule has 0 saturated carbocycles. The van der Waals surface area contributed by atoms with Crippen molar-refractivity contribution in [2.24, 2.45) is 0 Å². The van der Waals surface area contributed by atoms with Gasteiger partial charge in [0.2, 0.25) is 0 Å². The molecule has 3 nitrogen and oxygen atoms in total. The minimum Gasteiger partial charge on any atom is -0.379 e. The predicted octanol–water partition coefficient (Wildman–Crippen LogP) is 1.12. The summed E-state index contributed by atoms with van der Waals surface area (Å²) in [6, 6.07) is 7.42. The van der Waals surface area contributed by atoms with Gasteiger partial charge in [-0.1, -0.05) is 18.2 Å². The molecule has 0 bridgehead atoms. The summed E-state index contributed by atoms with van der Waals surface area (Å²) in [6.45, 7) is 0. The molecule has 1 N–H and O–H groups in total. The molecule has 1 aromatic rings. The number of benzene rings is 1. The Bertz CT molecular complexity index is 344. The smallest absolute Gasteiger partial charge is 0.276 e. The van der Waals surface area contributed by atoms with Crippen LogP contribution in [0.15, 0.2) is 30.3 Å². The first-order valence-electron chi connectivity index (χ1n) is 3.60. The lowest BCUT2D eigenvalue weighted by molar-refractivity contribution is -0.122. The Kier molecular flexibility index (Phi) is 1.55. The predicted molar refractivity (Wildman–Crippen MR) is 44.2 cm³/mol. The van der Waals surface area contributed by atoms with Crippen molar-refractivity contribution in [3.8, 4) is 5.75 Å². The zero-order valence-corrected chi connectivity index (χ0v) is 6.28. The highest BCUT2D eigenvalue weighted by Crippen LogP contribution is 2.19. The van der Waals surface area contributed by atoms with Gasteiger partial charge in [0.05, 0.1) is 0 Å². The Morgan fingerprint density at radius 2 is 2.00 bits per heavy atom. The SMILES string of the molecule is O=C1C=Cc2ccccc2ON1. The van der Waals surface area contributed by atoms with Crippen molar-refractivity contribution in [2.45, 2.75) is 0 Å². The molecule has 0 aliphatic carbocycles. The van der Waals surface area contributed by atoms with Crippen LogP contribution in [0.5, 0.6) is 5.75 Å². The van der Waals surface area contributed by atoms with E-state index in [9.17, 15) is 4.79 Å². The maximum absolute atomic E-state index is 10.8. The van der Waals surface area contributed by atoms with Gasteiger partial charge in [0.1, 0.15) is 0 Å². The molecule has 0 unspecified atom stereocenters. The van der Waals surface area contributed by atoms with Crippen LogP contribution in [-0.2, 0) is 4.79 Å². The Morgan fingerprint density at radius 3 is 2.92 bits per heavy atom. The van der Waals surface area contributed by atoms with Crippen LogP contribution in [0.2, 0.25) is 0 Å². The quantitative estimate of drug-likeness (QED) is 0.619. The lowest BCUT2D eigenvalue weighted by Crippen LogP contribution is -2.23. The van der Waals surface area contributed by atoms with E-state index in [2.05, 4.69) is 5.48 Å². The van der Waals surface area contributed by atoms with Crippen LogP contribution in [0.1, 0.15) is 5.56 Å². The van der Waals surface area contributed by atoms with Crippen molar-refractivity contribution in [3.05, 3.63) is 35.9 Å². The van der Waals surface area contributed by atoms with Crippen LogP contribution in [0, 0.1) is 0 Å². The second kappa shape index (κ2) is 2.70. The maximum Gasteiger partial charge on any atom is 0.276 e. The number of hydroxylamine groups is 1. The number of hydrogen-bond acceptors (Lipinski definition) is 2. The van der Waals surface area contributed by atoms with Gasteiger partial charge in [-0.15, -0.1) is 0 Å². The summed E-state index contributed by atoms with van der Waals surface area (Å²) in [4.78, 5) is 15.8. The maximum atomic E-state index is 10.8. The molecule has 12 heavy (non-hydrogen) atoms. The van der Waals surface area contributed by atoms with Gasteiger partial charge in [-0.3, -0.25) is 4.79 Å². The summed E-state index contributed by atoms with van der Waals surface area (Å²) in [7, 11) is 0. The van der Waals surface area contributed by atoms with E-state index in [0.717, 1.165) is 5.56 Å². The molecule has 1 amide bonds. The number of amides is 1. The second-order valence-corrected chi connectivity index (χ2v) is 2.44. The summed E-state index contributed by atoms with van der Waals surface area (Å²) < 4.78 is 0. The molecule has 1 heterocycles. The Balaban J connectivity index is 2.45. The molecule has 0 fully saturated rings. The van der Waals surface area contributed by atoms with Crippen LogP contribution < -0.4 is 10.3 Å². The van der Waals surface area contributed by atoms with Crippen LogP contribution in [-0.4, -0.2) is 5.91 Å². The van der Waals surface area contributed by atoms with Crippen molar-refractivity contribution < 1.29 is 9.63 Å². The third kappa shape index (κ3) is 1.16. The van der Waals surface area contributed by atoms with Gasteiger partial charge in [0, 0.05) is 11.6 Å². The molecule has 0 radical (unpaired) electrons. The highest BCUT2D eigenvalue weighted by atomic mass is 16.7. The van der Waals surface area contributed by atoms with Crippen LogP contribution in [0.4, 0.5) is 0 Å². The summed E-state index contributed by atoms with van der Waals surface area (Å²) >= 11 is 0. The van der Waals surface area contributed by atoms with Crippen molar-refractivity contribution in [3.63, 3.8) is 0 Å². The van der Waals surface area contributed by atoms with Gasteiger partial charge in [-0.25, -0.2) is 0 Å². The number of rotatable bonds is 0. The van der Waals surface area contributed by atoms with Crippen LogP contribution in [0.3, 0.4) is 0 Å². The number of hydrogen-bond donors (Lipinski definition) is 1. The molecular weight excluding hydrogens is 154 g/mol. The van der Waals surface area contributed by atoms with E-state index >= 15 is 0 Å². The largest absolute Gasteiger partial charge is 0.379 e. The molecule has 0 spiro atoms. The van der Waals surface area contributed by atoms with Gasteiger partial charge in [0.25, 0.3) is 5.91 Å². The molecular formula is C9H7NO2. The second-order valence-electron chi connectivity index (χ2n) is 2.44. The average Bonchev–Trinajstić information content (AvgIpc) is 2.29. The number of carbonyl (C=O) groups excluding carboxylic acids is 1. The fourth-order valence-electron chi connectivity index (χ4n) is 1.02. The Morgan fingerprint density at radius 1 is 1.17 bits per heavy atom. The van der Waals surface area contributed by atoms with Gasteiger partial charge < -0.3 is 4.84 Å². The van der Waals surface area contributed by atoms with Crippen molar-refractivity contribution in [1.29, 1.82) is 0 Å². The Hall–Kier alpha value is -1.77. The highest BCUT2D eigenvalue weighted by molar-refractivity contribution is 5.92. The van der Waals surface area contributed by atoms with E-state index in [1.165, 1.54) is 6.08 Å². The number of carbonyl (C=O) groups is 1. The molecule has 1 aliphatic rings. The van der Waals surface area contributed by atoms with Crippen molar-refractivity contribution in [2.75, 3.05) is 0 Å². The first-order valence-corrected chi connectivity index (χ1v) is 3.60. The average molecular weight is 161 g/mol. The van der Waals surface area contributed by atoms with Gasteiger partial charge >= 0.3 is 0 Å². The fraction of sp³-hybridized carbons (Fsp3) is 0. The highest BCUT2D eigenvalue weighted by Gasteiger charge is 2.06. The van der Waals surface area contributed by atoms with Gasteiger partial charge in [0.15, 0.2) is 5.75 Å². The van der Waals surface area contributed by atoms with E-state index in [1.807, 2.05) is 18.2 Å². The van der Waals surface area contributed by atoms with Crippen LogP contribution >= 0.6 is 0 Å². The van der Waals surface area contributed by atoms with E-state index in [-0.39, 0.29) is 5.91 Å². The van der Waals surface area contributed by atoms with Crippen molar-refractivity contribution >= 4 is 12.0 Å². The zero-order chi connectivity index (χ0) is 8.39. The molecule has 0 atom stereocenters. The lowest BCUT2D eigenvalue weighted by Gasteiger charge is -2.03. The first kappa shape index (κ1) is 6.91. The van der Waals surface area contributed by atoms with Gasteiger partial charge in [-0.05, 0) is 12.1 Å². The molecule has 1 aromatic carbocycles. The topological polar surface area (TPSA) is 38.3 Å². The molecule has 2 rings (SSSR count). The lowest BCUT2D eigenvalue weighted by atomic mass is 10.2. The minimum absolute atomic E-state index is 0.244. The molecule has 1 aliphatic heterocycles. The number of fused-ring (bicyclic) bond motifs is 1. The van der Waals surface area contributed by atoms with E-state index < -0.39 is 0 Å². The summed E-state index contributed by atoms with van der Waals surface area (Å²) in [6.07, 6.45) is 3.16. The fourth-order valence-corrected chi connectivity index (χ4v) is 1.02. The summed E-state index contributed by atoms with van der Waals surface area (Å²) in [5, 5.41) is 0. The van der Waals surface area contributed by atoms with E-state index in [4.69, 9.17) is 4.84 Å².